The molecule has 5 nitrogen and oxygen atoms in total. The molecule has 0 aliphatic carbocycles. The third-order valence-electron chi connectivity index (χ3n) is 3.50. The van der Waals surface area contributed by atoms with Gasteiger partial charge in [0.25, 0.3) is 0 Å². The van der Waals surface area contributed by atoms with Gasteiger partial charge in [-0.1, -0.05) is 24.3 Å². The van der Waals surface area contributed by atoms with Crippen LogP contribution in [-0.2, 0) is 13.1 Å². The van der Waals surface area contributed by atoms with Gasteiger partial charge in [-0.05, 0) is 35.6 Å². The minimum Gasteiger partial charge on any atom is -0.356 e. The Hall–Kier alpha value is -1.95. The van der Waals surface area contributed by atoms with Crippen molar-refractivity contribution in [2.75, 3.05) is 25.6 Å². The van der Waals surface area contributed by atoms with Crippen molar-refractivity contribution in [3.05, 3.63) is 53.9 Å². The van der Waals surface area contributed by atoms with Crippen molar-refractivity contribution in [2.24, 2.45) is 4.99 Å². The number of guanidine groups is 1. The van der Waals surface area contributed by atoms with Crippen LogP contribution in [0.1, 0.15) is 17.5 Å². The summed E-state index contributed by atoms with van der Waals surface area (Å²) in [6.07, 6.45) is 7.05. The summed E-state index contributed by atoms with van der Waals surface area (Å²) in [5.74, 6) is 2.01. The largest absolute Gasteiger partial charge is 0.356 e. The highest BCUT2D eigenvalue weighted by atomic mass is 32.2. The van der Waals surface area contributed by atoms with Crippen molar-refractivity contribution in [1.29, 1.82) is 0 Å². The third kappa shape index (κ3) is 5.98. The zero-order valence-corrected chi connectivity index (χ0v) is 14.6. The van der Waals surface area contributed by atoms with E-state index in [1.807, 2.05) is 28.7 Å². The molecule has 23 heavy (non-hydrogen) atoms. The van der Waals surface area contributed by atoms with Crippen LogP contribution in [0.3, 0.4) is 0 Å². The Bertz CT molecular complexity index is 595. The van der Waals surface area contributed by atoms with Crippen LogP contribution in [-0.4, -0.2) is 41.3 Å². The summed E-state index contributed by atoms with van der Waals surface area (Å²) in [6.45, 7) is 2.47. The summed E-state index contributed by atoms with van der Waals surface area (Å²) in [4.78, 5) is 4.28. The number of thioether (sulfide) groups is 1. The first-order valence-corrected chi connectivity index (χ1v) is 9.20. The van der Waals surface area contributed by atoms with Gasteiger partial charge in [0.05, 0.1) is 6.54 Å². The number of nitrogens with zero attached hydrogens (tertiary/aromatic N) is 3. The lowest BCUT2D eigenvalue weighted by molar-refractivity contribution is 0.677. The van der Waals surface area contributed by atoms with Gasteiger partial charge in [-0.2, -0.15) is 16.9 Å². The van der Waals surface area contributed by atoms with Crippen molar-refractivity contribution < 1.29 is 0 Å². The van der Waals surface area contributed by atoms with E-state index >= 15 is 0 Å². The molecule has 2 rings (SSSR count). The highest BCUT2D eigenvalue weighted by Crippen LogP contribution is 2.10. The van der Waals surface area contributed by atoms with E-state index in [1.165, 1.54) is 11.1 Å². The van der Waals surface area contributed by atoms with Gasteiger partial charge >= 0.3 is 0 Å². The number of hydrogen-bond acceptors (Lipinski definition) is 3. The molecular formula is C17H25N5S. The lowest BCUT2D eigenvalue weighted by atomic mass is 10.1. The lowest BCUT2D eigenvalue weighted by Crippen LogP contribution is -2.37. The van der Waals surface area contributed by atoms with Gasteiger partial charge in [0.15, 0.2) is 5.96 Å². The fraction of sp³-hybridized carbons (Fsp3) is 0.412. The molecule has 2 aromatic rings. The highest BCUT2D eigenvalue weighted by Gasteiger charge is 2.04. The molecule has 0 aliphatic rings. The predicted octanol–water partition coefficient (Wildman–Crippen LogP) is 2.35. The molecule has 0 spiro atoms. The molecule has 1 aromatic carbocycles. The van der Waals surface area contributed by atoms with Crippen molar-refractivity contribution in [3.8, 4) is 0 Å². The van der Waals surface area contributed by atoms with Gasteiger partial charge in [-0.25, -0.2) is 0 Å². The Morgan fingerprint density at radius 2 is 2.04 bits per heavy atom. The van der Waals surface area contributed by atoms with E-state index < -0.39 is 0 Å². The molecule has 0 bridgehead atoms. The average Bonchev–Trinajstić information content (AvgIpc) is 3.08. The molecular weight excluding hydrogens is 306 g/mol. The number of hydrogen-bond donors (Lipinski definition) is 2. The second-order valence-corrected chi connectivity index (χ2v) is 6.16. The predicted molar refractivity (Wildman–Crippen MR) is 99.0 cm³/mol. The summed E-state index contributed by atoms with van der Waals surface area (Å²) in [7, 11) is 1.81. The quantitative estimate of drug-likeness (QED) is 0.443. The molecule has 1 heterocycles. The van der Waals surface area contributed by atoms with Crippen molar-refractivity contribution >= 4 is 17.7 Å². The molecule has 1 aromatic heterocycles. The zero-order valence-electron chi connectivity index (χ0n) is 13.8. The van der Waals surface area contributed by atoms with Crippen LogP contribution >= 0.6 is 11.8 Å². The zero-order chi connectivity index (χ0) is 16.3. The summed E-state index contributed by atoms with van der Waals surface area (Å²) < 4.78 is 1.94. The van der Waals surface area contributed by atoms with E-state index in [4.69, 9.17) is 0 Å². The standard InChI is InChI=1S/C17H25N5S/c1-18-17(19-9-6-12-23-2)20-13-15-7-3-4-8-16(15)14-22-11-5-10-21-22/h3-5,7-8,10-11H,6,9,12-14H2,1-2H3,(H2,18,19,20). The number of aromatic nitrogens is 2. The molecule has 6 heteroatoms. The maximum Gasteiger partial charge on any atom is 0.191 e. The summed E-state index contributed by atoms with van der Waals surface area (Å²) in [6, 6.07) is 10.4. The van der Waals surface area contributed by atoms with E-state index in [9.17, 15) is 0 Å². The second kappa shape index (κ2) is 9.94. The monoisotopic (exact) mass is 331 g/mol. The van der Waals surface area contributed by atoms with Crippen molar-refractivity contribution in [3.63, 3.8) is 0 Å². The van der Waals surface area contributed by atoms with E-state index in [0.29, 0.717) is 0 Å². The van der Waals surface area contributed by atoms with E-state index in [2.05, 4.69) is 51.2 Å². The minimum atomic E-state index is 0.750. The first-order chi connectivity index (χ1) is 11.3. The Morgan fingerprint density at radius 1 is 1.22 bits per heavy atom. The Morgan fingerprint density at radius 3 is 2.74 bits per heavy atom. The fourth-order valence-electron chi connectivity index (χ4n) is 2.28. The molecule has 0 unspecified atom stereocenters. The molecule has 0 saturated carbocycles. The summed E-state index contributed by atoms with van der Waals surface area (Å²) in [5, 5.41) is 11.0. The van der Waals surface area contributed by atoms with Gasteiger partial charge in [0, 0.05) is 32.5 Å². The summed E-state index contributed by atoms with van der Waals surface area (Å²) >= 11 is 1.87. The highest BCUT2D eigenvalue weighted by molar-refractivity contribution is 7.98. The first-order valence-electron chi connectivity index (χ1n) is 7.81. The van der Waals surface area contributed by atoms with Gasteiger partial charge in [-0.3, -0.25) is 9.67 Å². The normalized spacial score (nSPS) is 11.5. The number of aliphatic imine (C=N–C) groups is 1. The van der Waals surface area contributed by atoms with Crippen LogP contribution in [0.5, 0.6) is 0 Å². The molecule has 0 atom stereocenters. The molecule has 2 N–H and O–H groups in total. The first kappa shape index (κ1) is 17.4. The van der Waals surface area contributed by atoms with Gasteiger partial charge in [0.1, 0.15) is 0 Å². The molecule has 0 radical (unpaired) electrons. The van der Waals surface area contributed by atoms with Crippen LogP contribution in [0.4, 0.5) is 0 Å². The van der Waals surface area contributed by atoms with Gasteiger partial charge in [0.2, 0.25) is 0 Å². The maximum atomic E-state index is 4.28. The number of rotatable bonds is 8. The van der Waals surface area contributed by atoms with Crippen LogP contribution in [0.15, 0.2) is 47.7 Å². The lowest BCUT2D eigenvalue weighted by Gasteiger charge is -2.14. The van der Waals surface area contributed by atoms with Crippen LogP contribution < -0.4 is 10.6 Å². The fourth-order valence-corrected chi connectivity index (χ4v) is 2.71. The Balaban J connectivity index is 1.89. The van der Waals surface area contributed by atoms with E-state index in [-0.39, 0.29) is 0 Å². The van der Waals surface area contributed by atoms with Crippen LogP contribution in [0, 0.1) is 0 Å². The van der Waals surface area contributed by atoms with Crippen LogP contribution in [0.25, 0.3) is 0 Å². The molecule has 0 amide bonds. The van der Waals surface area contributed by atoms with E-state index in [1.54, 1.807) is 13.2 Å². The topological polar surface area (TPSA) is 54.2 Å². The molecule has 0 fully saturated rings. The SMILES string of the molecule is CN=C(NCCCSC)NCc1ccccc1Cn1cccn1. The summed E-state index contributed by atoms with van der Waals surface area (Å²) in [5.41, 5.74) is 2.52. The minimum absolute atomic E-state index is 0.750. The van der Waals surface area contributed by atoms with E-state index in [0.717, 1.165) is 37.8 Å². The van der Waals surface area contributed by atoms with Crippen LogP contribution in [0.2, 0.25) is 0 Å². The van der Waals surface area contributed by atoms with Crippen molar-refractivity contribution in [1.82, 2.24) is 20.4 Å². The average molecular weight is 331 g/mol. The smallest absolute Gasteiger partial charge is 0.191 e. The third-order valence-corrected chi connectivity index (χ3v) is 4.19. The molecule has 0 aliphatic heterocycles. The maximum absolute atomic E-state index is 4.28. The number of nitrogens with one attached hydrogen (secondary N) is 2. The molecule has 0 saturated heterocycles. The number of benzene rings is 1. The second-order valence-electron chi connectivity index (χ2n) is 5.17. The van der Waals surface area contributed by atoms with Crippen molar-refractivity contribution in [2.45, 2.75) is 19.5 Å². The molecule has 124 valence electrons. The Labute approximate surface area is 142 Å². The Kier molecular flexibility index (Phi) is 7.52. The van der Waals surface area contributed by atoms with Gasteiger partial charge < -0.3 is 10.6 Å². The van der Waals surface area contributed by atoms with Gasteiger partial charge in [-0.15, -0.1) is 0 Å².